The average molecular weight is 387 g/mol. The number of amidine groups is 1. The molecule has 0 radical (unpaired) electrons. The Bertz CT molecular complexity index is 766. The van der Waals surface area contributed by atoms with Crippen LogP contribution in [0, 0.1) is 0 Å². The molecule has 1 saturated heterocycles. The second kappa shape index (κ2) is 8.16. The molecule has 2 aliphatic heterocycles. The molecule has 1 amide bonds. The molecular formula is C16H23ClN4O3S. The number of amides is 1. The minimum atomic E-state index is -3.49. The van der Waals surface area contributed by atoms with Gasteiger partial charge in [0.25, 0.3) is 10.0 Å². The van der Waals surface area contributed by atoms with Crippen molar-refractivity contribution in [1.29, 1.82) is 0 Å². The topological polar surface area (TPSA) is 90.9 Å². The predicted octanol–water partition coefficient (Wildman–Crippen LogP) is 0.747. The molecule has 0 saturated carbocycles. The summed E-state index contributed by atoms with van der Waals surface area (Å²) in [5, 5.41) is 3.31. The molecule has 0 bridgehead atoms. The molecule has 3 rings (SSSR count). The molecule has 1 aromatic carbocycles. The summed E-state index contributed by atoms with van der Waals surface area (Å²) in [5.74, 6) is 0.504. The van der Waals surface area contributed by atoms with Crippen LogP contribution in [0.5, 0.6) is 0 Å². The maximum absolute atomic E-state index is 12.2. The fourth-order valence-corrected chi connectivity index (χ4v) is 4.24. The van der Waals surface area contributed by atoms with Gasteiger partial charge in [-0.3, -0.25) is 14.5 Å². The zero-order valence-corrected chi connectivity index (χ0v) is 15.7. The number of benzene rings is 1. The van der Waals surface area contributed by atoms with Crippen molar-refractivity contribution in [1.82, 2.24) is 14.9 Å². The zero-order chi connectivity index (χ0) is 17.2. The van der Waals surface area contributed by atoms with Crippen molar-refractivity contribution in [2.75, 3.05) is 26.2 Å². The molecule has 1 unspecified atom stereocenters. The van der Waals surface area contributed by atoms with Gasteiger partial charge in [-0.15, -0.1) is 12.4 Å². The lowest BCUT2D eigenvalue weighted by Crippen LogP contribution is -2.51. The summed E-state index contributed by atoms with van der Waals surface area (Å²) in [6, 6.07) is 7.10. The van der Waals surface area contributed by atoms with Gasteiger partial charge >= 0.3 is 0 Å². The van der Waals surface area contributed by atoms with Gasteiger partial charge in [0.05, 0.1) is 4.90 Å². The fourth-order valence-electron chi connectivity index (χ4n) is 2.99. The van der Waals surface area contributed by atoms with E-state index in [2.05, 4.69) is 22.0 Å². The molecule has 7 nitrogen and oxygen atoms in total. The Balaban J connectivity index is 0.00000225. The average Bonchev–Trinajstić information content (AvgIpc) is 2.83. The van der Waals surface area contributed by atoms with Gasteiger partial charge in [0.15, 0.2) is 0 Å². The van der Waals surface area contributed by atoms with Gasteiger partial charge in [0, 0.05) is 44.2 Å². The van der Waals surface area contributed by atoms with E-state index in [9.17, 15) is 13.2 Å². The van der Waals surface area contributed by atoms with E-state index in [1.54, 1.807) is 24.3 Å². The van der Waals surface area contributed by atoms with E-state index in [-0.39, 0.29) is 23.2 Å². The van der Waals surface area contributed by atoms with Crippen molar-refractivity contribution in [2.45, 2.75) is 30.7 Å². The lowest BCUT2D eigenvalue weighted by Gasteiger charge is -2.31. The largest absolute Gasteiger partial charge is 0.340 e. The van der Waals surface area contributed by atoms with E-state index < -0.39 is 10.0 Å². The highest BCUT2D eigenvalue weighted by molar-refractivity contribution is 7.90. The van der Waals surface area contributed by atoms with E-state index in [0.717, 1.165) is 19.6 Å². The van der Waals surface area contributed by atoms with Crippen LogP contribution in [0.2, 0.25) is 0 Å². The fraction of sp³-hybridized carbons (Fsp3) is 0.500. The Kier molecular flexibility index (Phi) is 6.42. The summed E-state index contributed by atoms with van der Waals surface area (Å²) in [4.78, 5) is 18.7. The summed E-state index contributed by atoms with van der Waals surface area (Å²) >= 11 is 0. The monoisotopic (exact) mass is 386 g/mol. The Labute approximate surface area is 154 Å². The Hall–Kier alpha value is -1.64. The molecule has 2 aliphatic rings. The quantitative estimate of drug-likeness (QED) is 0.747. The molecule has 0 spiro atoms. The van der Waals surface area contributed by atoms with Crippen LogP contribution in [-0.2, 0) is 14.8 Å². The van der Waals surface area contributed by atoms with Crippen LogP contribution < -0.4 is 10.0 Å². The number of aliphatic imine (C=N–C) groups is 1. The third-order valence-corrected chi connectivity index (χ3v) is 5.60. The van der Waals surface area contributed by atoms with Crippen LogP contribution in [0.15, 0.2) is 34.2 Å². The molecule has 9 heteroatoms. The highest BCUT2D eigenvalue weighted by atomic mass is 35.5. The second-order valence-electron chi connectivity index (χ2n) is 6.13. The van der Waals surface area contributed by atoms with E-state index in [0.29, 0.717) is 36.8 Å². The first-order valence-corrected chi connectivity index (χ1v) is 9.63. The number of carbonyl (C=O) groups is 1. The summed E-state index contributed by atoms with van der Waals surface area (Å²) in [5.41, 5.74) is 0.597. The highest BCUT2D eigenvalue weighted by Crippen LogP contribution is 2.22. The first-order valence-electron chi connectivity index (χ1n) is 8.15. The lowest BCUT2D eigenvalue weighted by molar-refractivity contribution is -0.132. The third kappa shape index (κ3) is 4.50. The molecule has 2 N–H and O–H groups in total. The smallest absolute Gasteiger partial charge is 0.263 e. The van der Waals surface area contributed by atoms with Crippen molar-refractivity contribution < 1.29 is 13.2 Å². The summed E-state index contributed by atoms with van der Waals surface area (Å²) in [7, 11) is -3.49. The Morgan fingerprint density at radius 1 is 1.36 bits per heavy atom. The van der Waals surface area contributed by atoms with Crippen molar-refractivity contribution in [3.05, 3.63) is 29.8 Å². The number of hydrogen-bond acceptors (Lipinski definition) is 5. The Morgan fingerprint density at radius 3 is 2.88 bits per heavy atom. The van der Waals surface area contributed by atoms with E-state index in [1.165, 1.54) is 0 Å². The molecule has 138 valence electrons. The first kappa shape index (κ1) is 19.7. The maximum Gasteiger partial charge on any atom is 0.263 e. The Morgan fingerprint density at radius 2 is 2.12 bits per heavy atom. The number of hydrogen-bond donors (Lipinski definition) is 2. The minimum absolute atomic E-state index is 0. The van der Waals surface area contributed by atoms with Crippen molar-refractivity contribution >= 4 is 34.2 Å². The number of sulfonamides is 1. The normalized spacial score (nSPS) is 22.8. The van der Waals surface area contributed by atoms with Gasteiger partial charge in [-0.1, -0.05) is 12.1 Å². The number of rotatable bonds is 4. The van der Waals surface area contributed by atoms with Crippen LogP contribution in [-0.4, -0.2) is 57.3 Å². The second-order valence-corrected chi connectivity index (χ2v) is 7.78. The van der Waals surface area contributed by atoms with Gasteiger partial charge < -0.3 is 10.2 Å². The first-order chi connectivity index (χ1) is 11.5. The van der Waals surface area contributed by atoms with Crippen LogP contribution in [0.25, 0.3) is 0 Å². The van der Waals surface area contributed by atoms with E-state index in [4.69, 9.17) is 0 Å². The molecule has 2 heterocycles. The van der Waals surface area contributed by atoms with Crippen molar-refractivity contribution in [3.63, 3.8) is 0 Å². The zero-order valence-electron chi connectivity index (χ0n) is 14.1. The number of nitrogens with zero attached hydrogens (tertiary/aromatic N) is 2. The molecule has 0 aromatic heterocycles. The summed E-state index contributed by atoms with van der Waals surface area (Å²) in [6.45, 7) is 4.79. The lowest BCUT2D eigenvalue weighted by atomic mass is 10.2. The van der Waals surface area contributed by atoms with Crippen LogP contribution >= 0.6 is 12.4 Å². The molecular weight excluding hydrogens is 364 g/mol. The molecule has 1 aromatic rings. The number of nitrogens with one attached hydrogen (secondary N) is 2. The number of halogens is 1. The number of fused-ring (bicyclic) bond motifs is 1. The number of carbonyl (C=O) groups excluding carboxylic acids is 1. The van der Waals surface area contributed by atoms with Gasteiger partial charge in [-0.25, -0.2) is 8.42 Å². The molecule has 1 fully saturated rings. The van der Waals surface area contributed by atoms with Crippen LogP contribution in [0.4, 0.5) is 0 Å². The highest BCUT2D eigenvalue weighted by Gasteiger charge is 2.29. The SMILES string of the molecule is CC1CN(C(=O)CCCN=C2NS(=O)(=O)c3ccccc32)CCN1.Cl. The van der Waals surface area contributed by atoms with Crippen LogP contribution in [0.1, 0.15) is 25.3 Å². The van der Waals surface area contributed by atoms with E-state index in [1.807, 2.05) is 4.90 Å². The minimum Gasteiger partial charge on any atom is -0.340 e. The molecule has 0 aliphatic carbocycles. The van der Waals surface area contributed by atoms with Gasteiger partial charge in [0.2, 0.25) is 5.91 Å². The molecule has 25 heavy (non-hydrogen) atoms. The van der Waals surface area contributed by atoms with Gasteiger partial charge in [0.1, 0.15) is 5.84 Å². The maximum atomic E-state index is 12.2. The van der Waals surface area contributed by atoms with Crippen LogP contribution in [0.3, 0.4) is 0 Å². The van der Waals surface area contributed by atoms with E-state index >= 15 is 0 Å². The van der Waals surface area contributed by atoms with Gasteiger partial charge in [-0.2, -0.15) is 0 Å². The standard InChI is InChI=1S/C16H22N4O3S.ClH/c1-12-11-20(10-9-17-12)15(21)7-4-8-18-16-13-5-2-3-6-14(13)24(22,23)19-16;/h2-3,5-6,12,17H,4,7-11H2,1H3,(H,18,19);1H. The summed E-state index contributed by atoms with van der Waals surface area (Å²) in [6.07, 6.45) is 1.03. The van der Waals surface area contributed by atoms with Gasteiger partial charge in [-0.05, 0) is 25.5 Å². The predicted molar refractivity (Wildman–Crippen MR) is 98.7 cm³/mol. The third-order valence-electron chi connectivity index (χ3n) is 4.20. The van der Waals surface area contributed by atoms with Crippen molar-refractivity contribution in [3.8, 4) is 0 Å². The van der Waals surface area contributed by atoms with Crippen molar-refractivity contribution in [2.24, 2.45) is 4.99 Å². The molecule has 1 atom stereocenters. The number of piperazine rings is 1. The summed E-state index contributed by atoms with van der Waals surface area (Å²) < 4.78 is 26.4.